The molecule has 0 radical (unpaired) electrons. The fourth-order valence-corrected chi connectivity index (χ4v) is 2.88. The van der Waals surface area contributed by atoms with Crippen molar-refractivity contribution in [1.82, 2.24) is 0 Å². The Labute approximate surface area is 136 Å². The summed E-state index contributed by atoms with van der Waals surface area (Å²) in [6.45, 7) is 0. The van der Waals surface area contributed by atoms with Crippen LogP contribution in [0.3, 0.4) is 0 Å². The maximum atomic E-state index is 12.9. The van der Waals surface area contributed by atoms with Gasteiger partial charge < -0.3 is 13.7 Å². The first-order chi connectivity index (χ1) is 11.2. The third-order valence-corrected chi connectivity index (χ3v) is 4.27. The summed E-state index contributed by atoms with van der Waals surface area (Å²) in [6.07, 6.45) is -4.75. The van der Waals surface area contributed by atoms with Crippen LogP contribution in [-0.4, -0.2) is 22.6 Å². The van der Waals surface area contributed by atoms with E-state index in [-0.39, 0.29) is 16.4 Å². The second-order valence-corrected chi connectivity index (χ2v) is 6.09. The molecule has 0 bridgehead atoms. The number of halogens is 3. The van der Waals surface area contributed by atoms with E-state index < -0.39 is 27.6 Å². The van der Waals surface area contributed by atoms with Crippen LogP contribution < -0.4 is 13.7 Å². The third-order valence-electron chi connectivity index (χ3n) is 3.04. The molecule has 2 rings (SSSR count). The van der Waals surface area contributed by atoms with Gasteiger partial charge in [0.2, 0.25) is 0 Å². The normalized spacial score (nSPS) is 11.9. The van der Waals surface area contributed by atoms with Gasteiger partial charge in [0.25, 0.3) is 0 Å². The van der Waals surface area contributed by atoms with Gasteiger partial charge in [-0.2, -0.15) is 21.6 Å². The van der Waals surface area contributed by atoms with Gasteiger partial charge >= 0.3 is 16.3 Å². The molecule has 0 heterocycles. The van der Waals surface area contributed by atoms with E-state index in [0.29, 0.717) is 0 Å². The largest absolute Gasteiger partial charge is 0.493 e. The number of benzene rings is 2. The molecule has 0 aliphatic heterocycles. The fraction of sp³-hybridized carbons (Fsp3) is 0.200. The van der Waals surface area contributed by atoms with Crippen molar-refractivity contribution in [3.8, 4) is 17.2 Å². The van der Waals surface area contributed by atoms with Crippen LogP contribution in [0.2, 0.25) is 0 Å². The van der Waals surface area contributed by atoms with Crippen LogP contribution >= 0.6 is 0 Å². The number of alkyl halides is 3. The summed E-state index contributed by atoms with van der Waals surface area (Å²) >= 11 is 0. The molecule has 0 spiro atoms. The highest BCUT2D eigenvalue weighted by atomic mass is 32.2. The Bertz CT molecular complexity index is 831. The molecule has 0 saturated heterocycles. The van der Waals surface area contributed by atoms with Crippen LogP contribution in [0, 0.1) is 0 Å². The number of rotatable bonds is 5. The number of ether oxygens (including phenoxy) is 2. The van der Waals surface area contributed by atoms with Gasteiger partial charge in [-0.05, 0) is 24.3 Å². The Morgan fingerprint density at radius 3 is 2.08 bits per heavy atom. The highest BCUT2D eigenvalue weighted by Crippen LogP contribution is 2.37. The van der Waals surface area contributed by atoms with Crippen molar-refractivity contribution in [2.75, 3.05) is 14.2 Å². The van der Waals surface area contributed by atoms with Crippen molar-refractivity contribution in [1.29, 1.82) is 0 Å². The number of hydrogen-bond donors (Lipinski definition) is 0. The Morgan fingerprint density at radius 1 is 0.875 bits per heavy atom. The van der Waals surface area contributed by atoms with E-state index >= 15 is 0 Å². The second kappa shape index (κ2) is 6.60. The van der Waals surface area contributed by atoms with Crippen molar-refractivity contribution >= 4 is 10.1 Å². The van der Waals surface area contributed by atoms with Crippen molar-refractivity contribution < 1.29 is 35.2 Å². The molecular weight excluding hydrogens is 349 g/mol. The quantitative estimate of drug-likeness (QED) is 0.762. The van der Waals surface area contributed by atoms with Crippen LogP contribution in [-0.2, 0) is 16.3 Å². The van der Waals surface area contributed by atoms with Crippen LogP contribution in [0.25, 0.3) is 0 Å². The zero-order chi connectivity index (χ0) is 18.0. The van der Waals surface area contributed by atoms with E-state index in [9.17, 15) is 21.6 Å². The SMILES string of the molecule is COc1ccc(S(=O)(=O)Oc2ccccc2C(F)(F)F)cc1OC. The van der Waals surface area contributed by atoms with Gasteiger partial charge in [0.05, 0.1) is 19.8 Å². The summed E-state index contributed by atoms with van der Waals surface area (Å²) in [5.74, 6) is -0.432. The summed E-state index contributed by atoms with van der Waals surface area (Å²) in [6, 6.07) is 7.61. The van der Waals surface area contributed by atoms with Gasteiger partial charge in [-0.15, -0.1) is 0 Å². The van der Waals surface area contributed by atoms with Gasteiger partial charge in [0.1, 0.15) is 4.90 Å². The molecule has 0 saturated carbocycles. The van der Waals surface area contributed by atoms with E-state index in [2.05, 4.69) is 4.18 Å². The molecule has 0 fully saturated rings. The van der Waals surface area contributed by atoms with Gasteiger partial charge in [-0.3, -0.25) is 0 Å². The first kappa shape index (κ1) is 17.9. The molecule has 9 heteroatoms. The molecule has 0 amide bonds. The summed E-state index contributed by atoms with van der Waals surface area (Å²) in [7, 11) is -1.83. The number of para-hydroxylation sites is 1. The van der Waals surface area contributed by atoms with Crippen LogP contribution in [0.15, 0.2) is 47.4 Å². The highest BCUT2D eigenvalue weighted by molar-refractivity contribution is 7.87. The molecule has 0 aliphatic carbocycles. The Morgan fingerprint density at radius 2 is 1.50 bits per heavy atom. The molecular formula is C15H13F3O5S. The zero-order valence-electron chi connectivity index (χ0n) is 12.6. The minimum atomic E-state index is -4.75. The minimum Gasteiger partial charge on any atom is -0.493 e. The van der Waals surface area contributed by atoms with Gasteiger partial charge in [0.15, 0.2) is 17.2 Å². The maximum absolute atomic E-state index is 12.9. The smallest absolute Gasteiger partial charge is 0.420 e. The molecule has 0 atom stereocenters. The predicted molar refractivity (Wildman–Crippen MR) is 78.8 cm³/mol. The number of hydrogen-bond acceptors (Lipinski definition) is 5. The lowest BCUT2D eigenvalue weighted by atomic mass is 10.2. The standard InChI is InChI=1S/C15H13F3O5S/c1-21-13-8-7-10(9-14(13)22-2)24(19,20)23-12-6-4-3-5-11(12)15(16,17)18/h3-9H,1-2H3. The summed E-state index contributed by atoms with van der Waals surface area (Å²) < 4.78 is 77.9. The molecule has 0 N–H and O–H groups in total. The van der Waals surface area contributed by atoms with E-state index in [1.807, 2.05) is 0 Å². The Kier molecular flexibility index (Phi) is 4.93. The second-order valence-electron chi connectivity index (χ2n) is 4.55. The first-order valence-corrected chi connectivity index (χ1v) is 7.92. The summed E-state index contributed by atoms with van der Waals surface area (Å²) in [5, 5.41) is 0. The average Bonchev–Trinajstić information content (AvgIpc) is 2.53. The number of methoxy groups -OCH3 is 2. The minimum absolute atomic E-state index is 0.103. The van der Waals surface area contributed by atoms with E-state index in [4.69, 9.17) is 9.47 Å². The lowest BCUT2D eigenvalue weighted by molar-refractivity contribution is -0.138. The van der Waals surface area contributed by atoms with Crippen molar-refractivity contribution in [3.05, 3.63) is 48.0 Å². The topological polar surface area (TPSA) is 61.8 Å². The van der Waals surface area contributed by atoms with Crippen LogP contribution in [0.5, 0.6) is 17.2 Å². The van der Waals surface area contributed by atoms with Crippen LogP contribution in [0.4, 0.5) is 13.2 Å². The third kappa shape index (κ3) is 3.73. The van der Waals surface area contributed by atoms with Crippen molar-refractivity contribution in [2.45, 2.75) is 11.1 Å². The van der Waals surface area contributed by atoms with Crippen molar-refractivity contribution in [2.24, 2.45) is 0 Å². The average molecular weight is 362 g/mol. The molecule has 130 valence electrons. The fourth-order valence-electron chi connectivity index (χ4n) is 1.91. The summed E-state index contributed by atoms with van der Waals surface area (Å²) in [4.78, 5) is -0.364. The molecule has 0 aromatic heterocycles. The molecule has 0 aliphatic rings. The van der Waals surface area contributed by atoms with Crippen LogP contribution in [0.1, 0.15) is 5.56 Å². The van der Waals surface area contributed by atoms with Crippen molar-refractivity contribution in [3.63, 3.8) is 0 Å². The lowest BCUT2D eigenvalue weighted by Crippen LogP contribution is -2.14. The molecule has 2 aromatic rings. The summed E-state index contributed by atoms with van der Waals surface area (Å²) in [5.41, 5.74) is -1.19. The lowest BCUT2D eigenvalue weighted by Gasteiger charge is -2.14. The van der Waals surface area contributed by atoms with Gasteiger partial charge in [-0.25, -0.2) is 0 Å². The first-order valence-electron chi connectivity index (χ1n) is 6.52. The molecule has 24 heavy (non-hydrogen) atoms. The van der Waals surface area contributed by atoms with Gasteiger partial charge in [-0.1, -0.05) is 12.1 Å². The predicted octanol–water partition coefficient (Wildman–Crippen LogP) is 3.49. The highest BCUT2D eigenvalue weighted by Gasteiger charge is 2.35. The Balaban J connectivity index is 2.44. The zero-order valence-corrected chi connectivity index (χ0v) is 13.4. The van der Waals surface area contributed by atoms with E-state index in [1.165, 1.54) is 26.4 Å². The monoisotopic (exact) mass is 362 g/mol. The molecule has 5 nitrogen and oxygen atoms in total. The maximum Gasteiger partial charge on any atom is 0.420 e. The van der Waals surface area contributed by atoms with E-state index in [0.717, 1.165) is 30.3 Å². The van der Waals surface area contributed by atoms with E-state index in [1.54, 1.807) is 0 Å². The Hall–Kier alpha value is -2.42. The molecule has 0 unspecified atom stereocenters. The molecule has 2 aromatic carbocycles. The van der Waals surface area contributed by atoms with Gasteiger partial charge in [0, 0.05) is 6.07 Å².